The van der Waals surface area contributed by atoms with Crippen LogP contribution in [0, 0.1) is 0 Å². The van der Waals surface area contributed by atoms with E-state index in [9.17, 15) is 0 Å². The third-order valence-electron chi connectivity index (χ3n) is 13.0. The van der Waals surface area contributed by atoms with Gasteiger partial charge in [-0.2, -0.15) is 0 Å². The van der Waals surface area contributed by atoms with E-state index in [-0.39, 0.29) is 0 Å². The number of hydrogen-bond donors (Lipinski definition) is 0. The predicted octanol–water partition coefficient (Wildman–Crippen LogP) is 14.8. The summed E-state index contributed by atoms with van der Waals surface area (Å²) in [6.07, 6.45) is 0. The lowest BCUT2D eigenvalue weighted by atomic mass is 9.67. The number of rotatable bonds is 9. The molecule has 0 atom stereocenters. The van der Waals surface area contributed by atoms with Gasteiger partial charge in [0.15, 0.2) is 17.5 Å². The highest BCUT2D eigenvalue weighted by atomic mass is 28.3. The second-order valence-corrected chi connectivity index (χ2v) is 23.1. The van der Waals surface area contributed by atoms with Crippen LogP contribution in [0.1, 0.15) is 22.3 Å². The first-order valence-corrected chi connectivity index (χ1v) is 25.9. The fraction of sp³-hybridized carbons (Fsp3) is 0.0656. The lowest BCUT2D eigenvalue weighted by Gasteiger charge is -2.34. The molecule has 0 amide bonds. The molecule has 65 heavy (non-hydrogen) atoms. The van der Waals surface area contributed by atoms with Gasteiger partial charge in [0.2, 0.25) is 0 Å². The number of fused-ring (bicyclic) bond motifs is 3. The zero-order valence-electron chi connectivity index (χ0n) is 36.8. The molecule has 11 rings (SSSR count). The predicted molar refractivity (Wildman–Crippen MR) is 273 cm³/mol. The highest BCUT2D eigenvalue weighted by Crippen LogP contribution is 2.57. The Labute approximate surface area is 382 Å². The summed E-state index contributed by atoms with van der Waals surface area (Å²) in [5.74, 6) is 1.90. The monoisotopic (exact) mass is 849 g/mol. The van der Waals surface area contributed by atoms with Crippen molar-refractivity contribution < 1.29 is 0 Å². The van der Waals surface area contributed by atoms with E-state index in [2.05, 4.69) is 226 Å². The van der Waals surface area contributed by atoms with Gasteiger partial charge in [-0.05, 0) is 85.0 Å². The molecule has 1 heterocycles. The second kappa shape index (κ2) is 16.4. The van der Waals surface area contributed by atoms with Crippen LogP contribution in [0.2, 0.25) is 19.6 Å². The fourth-order valence-electron chi connectivity index (χ4n) is 9.64. The fourth-order valence-corrected chi connectivity index (χ4v) is 10.8. The van der Waals surface area contributed by atoms with E-state index in [0.717, 1.165) is 33.4 Å². The van der Waals surface area contributed by atoms with Crippen molar-refractivity contribution in [2.24, 2.45) is 0 Å². The molecule has 0 aliphatic heterocycles. The molecule has 9 aromatic carbocycles. The summed E-state index contributed by atoms with van der Waals surface area (Å²) in [4.78, 5) is 15.3. The molecule has 10 aromatic rings. The number of hydrogen-bond acceptors (Lipinski definition) is 3. The van der Waals surface area contributed by atoms with E-state index in [1.54, 1.807) is 0 Å². The third-order valence-corrected chi connectivity index (χ3v) is 15.1. The molecule has 310 valence electrons. The normalized spacial score (nSPS) is 12.7. The van der Waals surface area contributed by atoms with Gasteiger partial charge in [0.1, 0.15) is 0 Å². The van der Waals surface area contributed by atoms with E-state index in [0.29, 0.717) is 17.5 Å². The smallest absolute Gasteiger partial charge is 0.164 e. The molecule has 0 saturated heterocycles. The molecule has 0 spiro atoms. The van der Waals surface area contributed by atoms with Crippen LogP contribution in [-0.4, -0.2) is 23.0 Å². The number of nitrogens with zero attached hydrogens (tertiary/aromatic N) is 3. The number of benzene rings is 9. The molecular weight excluding hydrogens is 803 g/mol. The Morgan fingerprint density at radius 1 is 0.292 bits per heavy atom. The van der Waals surface area contributed by atoms with Crippen molar-refractivity contribution in [3.63, 3.8) is 0 Å². The summed E-state index contributed by atoms with van der Waals surface area (Å²) in [7, 11) is -1.44. The van der Waals surface area contributed by atoms with Crippen molar-refractivity contribution in [1.29, 1.82) is 0 Å². The lowest BCUT2D eigenvalue weighted by molar-refractivity contribution is 0.769. The molecule has 1 aromatic heterocycles. The van der Waals surface area contributed by atoms with Crippen LogP contribution in [-0.2, 0) is 5.41 Å². The quantitative estimate of drug-likeness (QED) is 0.136. The molecule has 0 unspecified atom stereocenters. The topological polar surface area (TPSA) is 38.7 Å². The van der Waals surface area contributed by atoms with Crippen molar-refractivity contribution in [1.82, 2.24) is 15.0 Å². The third kappa shape index (κ3) is 7.32. The molecule has 4 heteroatoms. The van der Waals surface area contributed by atoms with Crippen molar-refractivity contribution >= 4 is 13.3 Å². The van der Waals surface area contributed by atoms with Gasteiger partial charge in [-0.1, -0.05) is 237 Å². The Bertz CT molecular complexity index is 3270. The van der Waals surface area contributed by atoms with Gasteiger partial charge < -0.3 is 0 Å². The van der Waals surface area contributed by atoms with Gasteiger partial charge in [0.25, 0.3) is 0 Å². The second-order valence-electron chi connectivity index (χ2n) is 18.0. The molecule has 1 aliphatic carbocycles. The summed E-state index contributed by atoms with van der Waals surface area (Å²) < 4.78 is 0. The van der Waals surface area contributed by atoms with Crippen LogP contribution in [0.4, 0.5) is 0 Å². The molecule has 0 fully saturated rings. The first-order valence-electron chi connectivity index (χ1n) is 22.4. The highest BCUT2D eigenvalue weighted by Gasteiger charge is 2.46. The SMILES string of the molecule is C[Si](C)(C)c1ccc(-c2ccc3c(c2)C(c2ccccc2)(c2ccccc2)c2cc(-c4cccc(-c5nc(-c6ccccc6)nc(-c6ccc(-c7ccccc7)cc6)n5)c4)ccc2-3)cc1. The van der Waals surface area contributed by atoms with Crippen LogP contribution in [0.15, 0.2) is 231 Å². The first-order chi connectivity index (χ1) is 31.8. The van der Waals surface area contributed by atoms with E-state index in [1.165, 1.54) is 55.3 Å². The molecule has 0 N–H and O–H groups in total. The summed E-state index contributed by atoms with van der Waals surface area (Å²) in [5, 5.41) is 1.47. The Balaban J connectivity index is 1.05. The molecule has 0 radical (unpaired) electrons. The van der Waals surface area contributed by atoms with Crippen molar-refractivity contribution in [2.75, 3.05) is 0 Å². The minimum Gasteiger partial charge on any atom is -0.208 e. The Kier molecular flexibility index (Phi) is 10.1. The van der Waals surface area contributed by atoms with Gasteiger partial charge in [-0.15, -0.1) is 0 Å². The molecular formula is C61H47N3Si. The summed E-state index contributed by atoms with van der Waals surface area (Å²) >= 11 is 0. The zero-order chi connectivity index (χ0) is 44.0. The summed E-state index contributed by atoms with van der Waals surface area (Å²) in [6.45, 7) is 7.22. The Morgan fingerprint density at radius 2 is 0.631 bits per heavy atom. The van der Waals surface area contributed by atoms with Gasteiger partial charge in [-0.25, -0.2) is 15.0 Å². The average Bonchev–Trinajstić information content (AvgIpc) is 3.67. The van der Waals surface area contributed by atoms with E-state index in [1.807, 2.05) is 24.3 Å². The maximum atomic E-state index is 5.15. The van der Waals surface area contributed by atoms with Crippen molar-refractivity contribution in [3.8, 4) is 78.7 Å². The Hall–Kier alpha value is -7.79. The van der Waals surface area contributed by atoms with Gasteiger partial charge >= 0.3 is 0 Å². The van der Waals surface area contributed by atoms with Crippen LogP contribution < -0.4 is 5.19 Å². The summed E-state index contributed by atoms with van der Waals surface area (Å²) in [5.41, 5.74) is 16.8. The minimum atomic E-state index is -1.44. The standard InChI is InChI=1S/C61H47N3Si/c1-65(2,3)53-35-31-44(32-36-53)48-33-37-54-55-38-34-49(41-57(55)61(56(54)40-48,51-23-12-6-13-24-51)52-25-14-7-15-26-52)47-21-16-22-50(39-47)60-63-58(45-19-10-5-11-20-45)62-59(64-60)46-29-27-43(28-30-46)42-17-8-4-9-18-42/h4-41H,1-3H3. The van der Waals surface area contributed by atoms with Crippen LogP contribution in [0.3, 0.4) is 0 Å². The largest absolute Gasteiger partial charge is 0.208 e. The highest BCUT2D eigenvalue weighted by molar-refractivity contribution is 6.88. The van der Waals surface area contributed by atoms with E-state index < -0.39 is 13.5 Å². The van der Waals surface area contributed by atoms with Crippen LogP contribution >= 0.6 is 0 Å². The Morgan fingerprint density at radius 3 is 1.15 bits per heavy atom. The van der Waals surface area contributed by atoms with E-state index in [4.69, 9.17) is 15.0 Å². The molecule has 0 bridgehead atoms. The lowest BCUT2D eigenvalue weighted by Crippen LogP contribution is -2.37. The van der Waals surface area contributed by atoms with Gasteiger partial charge in [-0.3, -0.25) is 0 Å². The van der Waals surface area contributed by atoms with Crippen LogP contribution in [0.25, 0.3) is 78.7 Å². The molecule has 1 aliphatic rings. The van der Waals surface area contributed by atoms with Gasteiger partial charge in [0.05, 0.1) is 13.5 Å². The van der Waals surface area contributed by atoms with Crippen molar-refractivity contribution in [3.05, 3.63) is 253 Å². The summed E-state index contributed by atoms with van der Waals surface area (Å²) in [6, 6.07) is 83.3. The maximum absolute atomic E-state index is 5.15. The van der Waals surface area contributed by atoms with Crippen molar-refractivity contribution in [2.45, 2.75) is 25.1 Å². The molecule has 3 nitrogen and oxygen atoms in total. The number of aromatic nitrogens is 3. The maximum Gasteiger partial charge on any atom is 0.164 e. The molecule has 0 saturated carbocycles. The average molecular weight is 850 g/mol. The van der Waals surface area contributed by atoms with E-state index >= 15 is 0 Å². The first kappa shape index (κ1) is 40.0. The van der Waals surface area contributed by atoms with Gasteiger partial charge in [0, 0.05) is 16.7 Å². The zero-order valence-corrected chi connectivity index (χ0v) is 37.8. The van der Waals surface area contributed by atoms with Crippen LogP contribution in [0.5, 0.6) is 0 Å². The minimum absolute atomic E-state index is 0.557.